The van der Waals surface area contributed by atoms with Gasteiger partial charge in [-0.3, -0.25) is 4.79 Å². The number of carbonyl (C=O) groups excluding carboxylic acids is 1. The maximum absolute atomic E-state index is 12.8. The van der Waals surface area contributed by atoms with Gasteiger partial charge in [0.2, 0.25) is 0 Å². The summed E-state index contributed by atoms with van der Waals surface area (Å²) in [6.07, 6.45) is -2.77. The molecule has 0 unspecified atom stereocenters. The predicted molar refractivity (Wildman–Crippen MR) is 85.5 cm³/mol. The summed E-state index contributed by atoms with van der Waals surface area (Å²) in [5, 5.41) is 29.1. The van der Waals surface area contributed by atoms with Crippen molar-refractivity contribution in [1.82, 2.24) is 5.48 Å². The lowest BCUT2D eigenvalue weighted by molar-refractivity contribution is -0.321. The summed E-state index contributed by atoms with van der Waals surface area (Å²) in [5.41, 5.74) is 3.08. The second-order valence-corrected chi connectivity index (χ2v) is 7.35. The molecule has 0 radical (unpaired) electrons. The van der Waals surface area contributed by atoms with Crippen LogP contribution < -0.4 is 11.2 Å². The van der Waals surface area contributed by atoms with Crippen LogP contribution >= 0.6 is 0 Å². The quantitative estimate of drug-likeness (QED) is 0.494. The standard InChI is InChI=1S/C16H23N5O4/c1-8(2)10-15(6-17)11(19)20-12(22)16(15,7-18)14(4,5)13(25-10)24-9(3)21-23/h8-10,13,21,23H,1-5H3,(H2,19,20,22)/t9-,10-,13+,15+,16+/m0/s1. The highest BCUT2D eigenvalue weighted by Gasteiger charge is 2.79. The molecule has 0 aliphatic carbocycles. The monoisotopic (exact) mass is 349 g/mol. The molecule has 1 amide bonds. The van der Waals surface area contributed by atoms with Gasteiger partial charge in [-0.1, -0.05) is 27.7 Å². The zero-order valence-electron chi connectivity index (χ0n) is 14.9. The summed E-state index contributed by atoms with van der Waals surface area (Å²) in [7, 11) is 0. The van der Waals surface area contributed by atoms with Crippen LogP contribution in [0.2, 0.25) is 0 Å². The van der Waals surface area contributed by atoms with Crippen LogP contribution in [-0.2, 0) is 14.3 Å². The Labute approximate surface area is 146 Å². The Kier molecular flexibility index (Phi) is 4.66. The van der Waals surface area contributed by atoms with Crippen molar-refractivity contribution in [2.45, 2.75) is 53.2 Å². The Morgan fingerprint density at radius 3 is 2.40 bits per heavy atom. The molecule has 136 valence electrons. The first-order valence-electron chi connectivity index (χ1n) is 7.99. The molecule has 2 heterocycles. The molecule has 25 heavy (non-hydrogen) atoms. The highest BCUT2D eigenvalue weighted by molar-refractivity contribution is 6.12. The molecule has 0 aromatic rings. The van der Waals surface area contributed by atoms with E-state index in [1.807, 2.05) is 11.5 Å². The molecule has 2 rings (SSSR count). The van der Waals surface area contributed by atoms with Gasteiger partial charge in [-0.05, 0) is 12.8 Å². The third-order valence-corrected chi connectivity index (χ3v) is 5.25. The SMILES string of the molecule is CC(C)[C@@H]1O[C@@H](O[C@@H](C)NO)C(C)(C)[C@@]2(C#N)C(=O)N=C(N)[C@@]12C#N. The van der Waals surface area contributed by atoms with Gasteiger partial charge >= 0.3 is 0 Å². The van der Waals surface area contributed by atoms with Crippen LogP contribution in [0.4, 0.5) is 0 Å². The van der Waals surface area contributed by atoms with Crippen molar-refractivity contribution in [2.24, 2.45) is 32.9 Å². The fraction of sp³-hybridized carbons (Fsp3) is 0.750. The van der Waals surface area contributed by atoms with Gasteiger partial charge in [0.25, 0.3) is 5.91 Å². The Morgan fingerprint density at radius 2 is 1.96 bits per heavy atom. The highest BCUT2D eigenvalue weighted by atomic mass is 16.7. The van der Waals surface area contributed by atoms with E-state index in [0.717, 1.165) is 0 Å². The number of nitrogens with two attached hydrogens (primary N) is 1. The molecule has 1 fully saturated rings. The highest BCUT2D eigenvalue weighted by Crippen LogP contribution is 2.64. The van der Waals surface area contributed by atoms with Crippen molar-refractivity contribution >= 4 is 11.7 Å². The molecule has 2 aliphatic heterocycles. The lowest BCUT2D eigenvalue weighted by Gasteiger charge is -2.56. The average molecular weight is 349 g/mol. The third kappa shape index (κ3) is 2.14. The van der Waals surface area contributed by atoms with Gasteiger partial charge in [0.05, 0.1) is 18.2 Å². The van der Waals surface area contributed by atoms with Gasteiger partial charge in [-0.15, -0.1) is 0 Å². The maximum Gasteiger partial charge on any atom is 0.270 e. The van der Waals surface area contributed by atoms with Crippen LogP contribution in [-0.4, -0.2) is 35.6 Å². The Balaban J connectivity index is 2.75. The van der Waals surface area contributed by atoms with Crippen LogP contribution in [0.3, 0.4) is 0 Å². The van der Waals surface area contributed by atoms with Crippen molar-refractivity contribution < 1.29 is 19.5 Å². The minimum atomic E-state index is -1.87. The molecule has 4 N–H and O–H groups in total. The molecule has 9 nitrogen and oxygen atoms in total. The largest absolute Gasteiger partial charge is 0.386 e. The topological polar surface area (TPSA) is 154 Å². The molecular formula is C16H23N5O4. The Hall–Kier alpha value is -2.04. The first kappa shape index (κ1) is 19.3. The predicted octanol–water partition coefficient (Wildman–Crippen LogP) is 0.652. The number of amidine groups is 1. The number of ether oxygens (including phenoxy) is 2. The molecule has 1 saturated heterocycles. The number of hydrogen-bond acceptors (Lipinski definition) is 8. The van der Waals surface area contributed by atoms with Crippen LogP contribution in [0.5, 0.6) is 0 Å². The number of aliphatic imine (C=N–C) groups is 1. The molecule has 0 saturated carbocycles. The van der Waals surface area contributed by atoms with Crippen LogP contribution in [0, 0.1) is 44.8 Å². The van der Waals surface area contributed by atoms with E-state index in [1.165, 1.54) is 6.92 Å². The van der Waals surface area contributed by atoms with Crippen molar-refractivity contribution in [2.75, 3.05) is 0 Å². The van der Waals surface area contributed by atoms with Crippen molar-refractivity contribution in [3.05, 3.63) is 0 Å². The smallest absolute Gasteiger partial charge is 0.270 e. The van der Waals surface area contributed by atoms with E-state index in [1.54, 1.807) is 27.7 Å². The van der Waals surface area contributed by atoms with Crippen molar-refractivity contribution in [3.63, 3.8) is 0 Å². The lowest BCUT2D eigenvalue weighted by Crippen LogP contribution is -2.70. The van der Waals surface area contributed by atoms with E-state index in [0.29, 0.717) is 0 Å². The number of nitrogens with one attached hydrogen (secondary N) is 1. The fourth-order valence-electron chi connectivity index (χ4n) is 3.93. The zero-order chi connectivity index (χ0) is 19.2. The first-order valence-corrected chi connectivity index (χ1v) is 7.99. The van der Waals surface area contributed by atoms with Crippen molar-refractivity contribution in [1.29, 1.82) is 10.5 Å². The number of amides is 1. The maximum atomic E-state index is 12.8. The fourth-order valence-corrected chi connectivity index (χ4v) is 3.93. The summed E-state index contributed by atoms with van der Waals surface area (Å²) in [5.74, 6) is -1.24. The third-order valence-electron chi connectivity index (χ3n) is 5.25. The molecule has 2 aliphatic rings. The summed E-state index contributed by atoms with van der Waals surface area (Å²) in [4.78, 5) is 16.6. The molecular weight excluding hydrogens is 326 g/mol. The van der Waals surface area contributed by atoms with Crippen LogP contribution in [0.15, 0.2) is 4.99 Å². The molecule has 5 atom stereocenters. The van der Waals surface area contributed by atoms with Gasteiger partial charge in [0, 0.05) is 5.41 Å². The number of nitrogens with zero attached hydrogens (tertiary/aromatic N) is 3. The number of hydroxylamine groups is 1. The molecule has 0 spiro atoms. The molecule has 0 aromatic carbocycles. The first-order chi connectivity index (χ1) is 11.6. The Morgan fingerprint density at radius 1 is 1.36 bits per heavy atom. The van der Waals surface area contributed by atoms with Gasteiger partial charge < -0.3 is 20.4 Å². The van der Waals surface area contributed by atoms with Gasteiger partial charge in [-0.2, -0.15) is 21.0 Å². The molecule has 0 bridgehead atoms. The van der Waals surface area contributed by atoms with E-state index in [4.69, 9.17) is 20.4 Å². The van der Waals surface area contributed by atoms with Gasteiger partial charge in [-0.25, -0.2) is 0 Å². The summed E-state index contributed by atoms with van der Waals surface area (Å²) < 4.78 is 11.7. The molecule has 9 heteroatoms. The van der Waals surface area contributed by atoms with Crippen molar-refractivity contribution in [3.8, 4) is 12.1 Å². The summed E-state index contributed by atoms with van der Waals surface area (Å²) in [6, 6.07) is 4.12. The number of carbonyl (C=O) groups is 1. The number of rotatable bonds is 4. The van der Waals surface area contributed by atoms with Crippen LogP contribution in [0.1, 0.15) is 34.6 Å². The summed E-state index contributed by atoms with van der Waals surface area (Å²) in [6.45, 7) is 8.33. The number of nitriles is 2. The Bertz CT molecular complexity index is 692. The van der Waals surface area contributed by atoms with E-state index >= 15 is 0 Å². The van der Waals surface area contributed by atoms with Gasteiger partial charge in [0.15, 0.2) is 17.1 Å². The van der Waals surface area contributed by atoms with E-state index in [2.05, 4.69) is 11.1 Å². The van der Waals surface area contributed by atoms with E-state index in [9.17, 15) is 15.3 Å². The molecule has 0 aromatic heterocycles. The number of hydrogen-bond donors (Lipinski definition) is 3. The lowest BCUT2D eigenvalue weighted by atomic mass is 9.48. The second-order valence-electron chi connectivity index (χ2n) is 7.35. The minimum absolute atomic E-state index is 0.208. The van der Waals surface area contributed by atoms with E-state index < -0.39 is 40.8 Å². The minimum Gasteiger partial charge on any atom is -0.386 e. The van der Waals surface area contributed by atoms with Crippen LogP contribution in [0.25, 0.3) is 0 Å². The van der Waals surface area contributed by atoms with Gasteiger partial charge in [0.1, 0.15) is 12.1 Å². The summed E-state index contributed by atoms with van der Waals surface area (Å²) >= 11 is 0. The average Bonchev–Trinajstić information content (AvgIpc) is 2.78. The van der Waals surface area contributed by atoms with E-state index in [-0.39, 0.29) is 11.8 Å². The normalized spacial score (nSPS) is 37.8. The zero-order valence-corrected chi connectivity index (χ0v) is 14.9. The second kappa shape index (κ2) is 6.04. The number of fused-ring (bicyclic) bond motifs is 1.